The molecule has 0 bridgehead atoms. The van der Waals surface area contributed by atoms with E-state index in [1.54, 1.807) is 0 Å². The van der Waals surface area contributed by atoms with Gasteiger partial charge in [-0.2, -0.15) is 4.98 Å². The lowest BCUT2D eigenvalue weighted by Gasteiger charge is -2.35. The second-order valence-electron chi connectivity index (χ2n) is 7.26. The summed E-state index contributed by atoms with van der Waals surface area (Å²) in [7, 11) is 0. The predicted molar refractivity (Wildman–Crippen MR) is 97.9 cm³/mol. The lowest BCUT2D eigenvalue weighted by atomic mass is 10.3. The maximum atomic E-state index is 12.3. The Balaban J connectivity index is 1.31. The second kappa shape index (κ2) is 7.56. The fourth-order valence-corrected chi connectivity index (χ4v) is 3.98. The first kappa shape index (κ1) is 16.6. The molecule has 7 nitrogen and oxygen atoms in total. The van der Waals surface area contributed by atoms with Crippen molar-refractivity contribution in [2.45, 2.75) is 25.7 Å². The molecule has 0 aromatic carbocycles. The van der Waals surface area contributed by atoms with E-state index in [1.165, 1.54) is 12.8 Å². The van der Waals surface area contributed by atoms with Crippen molar-refractivity contribution in [1.82, 2.24) is 19.8 Å². The number of carbonyl (C=O) groups excluding carboxylic acids is 1. The molecule has 0 atom stereocenters. The molecule has 4 heterocycles. The number of amides is 1. The number of aromatic nitrogens is 2. The van der Waals surface area contributed by atoms with Crippen molar-refractivity contribution >= 4 is 17.7 Å². The Bertz CT molecular complexity index is 589. The van der Waals surface area contributed by atoms with E-state index in [4.69, 9.17) is 4.98 Å². The number of hydrogen-bond donors (Lipinski definition) is 0. The van der Waals surface area contributed by atoms with Crippen molar-refractivity contribution in [3.8, 4) is 0 Å². The van der Waals surface area contributed by atoms with Crippen LogP contribution in [0.15, 0.2) is 12.3 Å². The quantitative estimate of drug-likeness (QED) is 0.806. The summed E-state index contributed by atoms with van der Waals surface area (Å²) in [4.78, 5) is 30.4. The number of nitrogens with zero attached hydrogens (tertiary/aromatic N) is 6. The van der Waals surface area contributed by atoms with E-state index in [0.29, 0.717) is 12.5 Å². The van der Waals surface area contributed by atoms with Gasteiger partial charge < -0.3 is 14.7 Å². The van der Waals surface area contributed by atoms with Crippen molar-refractivity contribution < 1.29 is 4.79 Å². The number of rotatable bonds is 4. The van der Waals surface area contributed by atoms with Gasteiger partial charge in [0.1, 0.15) is 5.82 Å². The van der Waals surface area contributed by atoms with Gasteiger partial charge in [-0.15, -0.1) is 0 Å². The minimum Gasteiger partial charge on any atom is -0.354 e. The van der Waals surface area contributed by atoms with Crippen molar-refractivity contribution in [3.63, 3.8) is 0 Å². The Morgan fingerprint density at radius 2 is 1.56 bits per heavy atom. The van der Waals surface area contributed by atoms with Crippen molar-refractivity contribution in [3.05, 3.63) is 12.3 Å². The van der Waals surface area contributed by atoms with E-state index in [0.717, 1.165) is 77.0 Å². The van der Waals surface area contributed by atoms with Gasteiger partial charge in [-0.05, 0) is 31.7 Å². The third-order valence-corrected chi connectivity index (χ3v) is 5.53. The van der Waals surface area contributed by atoms with E-state index < -0.39 is 0 Å². The Kier molecular flexibility index (Phi) is 5.01. The molecule has 1 aromatic heterocycles. The van der Waals surface area contributed by atoms with Crippen LogP contribution in [-0.2, 0) is 4.79 Å². The highest BCUT2D eigenvalue weighted by Crippen LogP contribution is 2.20. The molecule has 3 fully saturated rings. The summed E-state index contributed by atoms with van der Waals surface area (Å²) in [6.45, 7) is 8.26. The molecular weight excluding hydrogens is 316 g/mol. The number of piperazine rings is 1. The number of hydrogen-bond acceptors (Lipinski definition) is 6. The van der Waals surface area contributed by atoms with Gasteiger partial charge in [-0.25, -0.2) is 4.98 Å². The lowest BCUT2D eigenvalue weighted by molar-refractivity contribution is -0.131. The highest BCUT2D eigenvalue weighted by molar-refractivity contribution is 5.78. The molecule has 3 aliphatic rings. The Morgan fingerprint density at radius 1 is 0.880 bits per heavy atom. The van der Waals surface area contributed by atoms with Gasteiger partial charge in [0.05, 0.1) is 6.54 Å². The SMILES string of the molecule is O=C(CN1CCN(c2ccnc(N3CCCC3)n2)CC1)N1CCCC1. The van der Waals surface area contributed by atoms with Crippen LogP contribution in [0.1, 0.15) is 25.7 Å². The fraction of sp³-hybridized carbons (Fsp3) is 0.722. The highest BCUT2D eigenvalue weighted by Gasteiger charge is 2.24. The van der Waals surface area contributed by atoms with Crippen LogP contribution in [0.4, 0.5) is 11.8 Å². The van der Waals surface area contributed by atoms with Gasteiger partial charge in [-0.3, -0.25) is 9.69 Å². The van der Waals surface area contributed by atoms with Crippen LogP contribution in [0.5, 0.6) is 0 Å². The van der Waals surface area contributed by atoms with Crippen LogP contribution in [0.3, 0.4) is 0 Å². The molecule has 1 aromatic rings. The summed E-state index contributed by atoms with van der Waals surface area (Å²) >= 11 is 0. The molecule has 1 amide bonds. The van der Waals surface area contributed by atoms with Gasteiger partial charge in [0, 0.05) is 58.6 Å². The standard InChI is InChI=1S/C18H28N6O/c25-17(23-7-1-2-8-23)15-21-11-13-22(14-12-21)16-5-6-19-18(20-16)24-9-3-4-10-24/h5-6H,1-4,7-15H2. The molecule has 25 heavy (non-hydrogen) atoms. The van der Waals surface area contributed by atoms with Gasteiger partial charge in [0.25, 0.3) is 0 Å². The molecular formula is C18H28N6O. The fourth-order valence-electron chi connectivity index (χ4n) is 3.98. The van der Waals surface area contributed by atoms with Crippen LogP contribution >= 0.6 is 0 Å². The minimum atomic E-state index is 0.296. The number of likely N-dealkylation sites (tertiary alicyclic amines) is 1. The molecule has 136 valence electrons. The van der Waals surface area contributed by atoms with Crippen molar-refractivity contribution in [1.29, 1.82) is 0 Å². The smallest absolute Gasteiger partial charge is 0.236 e. The zero-order valence-corrected chi connectivity index (χ0v) is 14.9. The molecule has 0 saturated carbocycles. The molecule has 0 radical (unpaired) electrons. The largest absolute Gasteiger partial charge is 0.354 e. The van der Waals surface area contributed by atoms with Gasteiger partial charge in [-0.1, -0.05) is 0 Å². The normalized spacial score (nSPS) is 22.0. The van der Waals surface area contributed by atoms with Gasteiger partial charge in [0.2, 0.25) is 11.9 Å². The number of carbonyl (C=O) groups is 1. The first-order valence-corrected chi connectivity index (χ1v) is 9.63. The zero-order valence-electron chi connectivity index (χ0n) is 14.9. The number of anilines is 2. The molecule has 7 heteroatoms. The molecule has 3 saturated heterocycles. The summed E-state index contributed by atoms with van der Waals surface area (Å²) in [6.07, 6.45) is 6.66. The Hall–Kier alpha value is -1.89. The summed E-state index contributed by atoms with van der Waals surface area (Å²) in [5, 5.41) is 0. The average molecular weight is 344 g/mol. The van der Waals surface area contributed by atoms with E-state index in [2.05, 4.69) is 19.7 Å². The molecule has 3 aliphatic heterocycles. The topological polar surface area (TPSA) is 55.8 Å². The van der Waals surface area contributed by atoms with Gasteiger partial charge in [0.15, 0.2) is 0 Å². The lowest BCUT2D eigenvalue weighted by Crippen LogP contribution is -2.50. The third kappa shape index (κ3) is 3.86. The summed E-state index contributed by atoms with van der Waals surface area (Å²) in [5.41, 5.74) is 0. The third-order valence-electron chi connectivity index (χ3n) is 5.53. The summed E-state index contributed by atoms with van der Waals surface area (Å²) in [5.74, 6) is 2.17. The van der Waals surface area contributed by atoms with Crippen LogP contribution < -0.4 is 9.80 Å². The van der Waals surface area contributed by atoms with E-state index in [9.17, 15) is 4.79 Å². The van der Waals surface area contributed by atoms with Crippen LogP contribution in [0, 0.1) is 0 Å². The maximum Gasteiger partial charge on any atom is 0.236 e. The highest BCUT2D eigenvalue weighted by atomic mass is 16.2. The Morgan fingerprint density at radius 3 is 2.28 bits per heavy atom. The van der Waals surface area contributed by atoms with E-state index >= 15 is 0 Å². The first-order chi connectivity index (χ1) is 12.3. The van der Waals surface area contributed by atoms with Crippen molar-refractivity contribution in [2.24, 2.45) is 0 Å². The predicted octanol–water partition coefficient (Wildman–Crippen LogP) is 0.821. The average Bonchev–Trinajstić information content (AvgIpc) is 3.36. The summed E-state index contributed by atoms with van der Waals surface area (Å²) in [6, 6.07) is 2.00. The molecule has 0 spiro atoms. The molecule has 0 unspecified atom stereocenters. The van der Waals surface area contributed by atoms with E-state index in [1.807, 2.05) is 17.2 Å². The second-order valence-corrected chi connectivity index (χ2v) is 7.26. The zero-order chi connectivity index (χ0) is 17.1. The van der Waals surface area contributed by atoms with Crippen LogP contribution in [0.2, 0.25) is 0 Å². The first-order valence-electron chi connectivity index (χ1n) is 9.63. The van der Waals surface area contributed by atoms with Crippen LogP contribution in [-0.4, -0.2) is 84.6 Å². The minimum absolute atomic E-state index is 0.296. The van der Waals surface area contributed by atoms with E-state index in [-0.39, 0.29) is 0 Å². The molecule has 0 N–H and O–H groups in total. The van der Waals surface area contributed by atoms with Crippen LogP contribution in [0.25, 0.3) is 0 Å². The van der Waals surface area contributed by atoms with Crippen molar-refractivity contribution in [2.75, 3.05) is 68.7 Å². The summed E-state index contributed by atoms with van der Waals surface area (Å²) < 4.78 is 0. The van der Waals surface area contributed by atoms with Gasteiger partial charge >= 0.3 is 0 Å². The maximum absolute atomic E-state index is 12.3. The molecule has 0 aliphatic carbocycles. The Labute approximate surface area is 149 Å². The molecule has 4 rings (SSSR count). The monoisotopic (exact) mass is 344 g/mol.